The highest BCUT2D eigenvalue weighted by Gasteiger charge is 2.17. The van der Waals surface area contributed by atoms with Crippen LogP contribution in [0, 0.1) is 0 Å². The highest BCUT2D eigenvalue weighted by molar-refractivity contribution is 6.30. The van der Waals surface area contributed by atoms with E-state index >= 15 is 0 Å². The minimum absolute atomic E-state index is 0.742. The Labute approximate surface area is 152 Å². The summed E-state index contributed by atoms with van der Waals surface area (Å²) in [6.07, 6.45) is 2.12. The molecule has 0 spiro atoms. The van der Waals surface area contributed by atoms with Crippen LogP contribution in [0.5, 0.6) is 0 Å². The molecule has 1 aromatic heterocycles. The average Bonchev–Trinajstić information content (AvgIpc) is 2.70. The molecule has 0 aliphatic carbocycles. The van der Waals surface area contributed by atoms with Gasteiger partial charge in [-0.25, -0.2) is 0 Å². The highest BCUT2D eigenvalue weighted by atomic mass is 35.5. The maximum atomic E-state index is 6.05. The summed E-state index contributed by atoms with van der Waals surface area (Å²) in [6.45, 7) is 0. The van der Waals surface area contributed by atoms with Crippen molar-refractivity contribution < 1.29 is 4.57 Å². The van der Waals surface area contributed by atoms with E-state index in [1.807, 2.05) is 36.4 Å². The molecule has 0 radical (unpaired) electrons. The van der Waals surface area contributed by atoms with E-state index in [-0.39, 0.29) is 0 Å². The van der Waals surface area contributed by atoms with Gasteiger partial charge in [-0.2, -0.15) is 4.57 Å². The fourth-order valence-corrected chi connectivity index (χ4v) is 3.09. The Morgan fingerprint density at radius 1 is 0.560 bits per heavy atom. The fraction of sp³-hybridized carbons (Fsp3) is 0. The number of pyridine rings is 1. The fourth-order valence-electron chi connectivity index (χ4n) is 2.97. The van der Waals surface area contributed by atoms with Gasteiger partial charge in [0.2, 0.25) is 11.4 Å². The zero-order valence-corrected chi connectivity index (χ0v) is 14.4. The lowest BCUT2D eigenvalue weighted by atomic mass is 10.0. The third-order valence-corrected chi connectivity index (χ3v) is 4.49. The predicted molar refractivity (Wildman–Crippen MR) is 104 cm³/mol. The van der Waals surface area contributed by atoms with Crippen molar-refractivity contribution in [3.8, 4) is 28.1 Å². The zero-order valence-electron chi connectivity index (χ0n) is 13.6. The van der Waals surface area contributed by atoms with Gasteiger partial charge in [-0.1, -0.05) is 60.1 Å². The predicted octanol–water partition coefficient (Wildman–Crippen LogP) is 5.95. The maximum Gasteiger partial charge on any atom is 0.219 e. The molecule has 1 heterocycles. The highest BCUT2D eigenvalue weighted by Crippen LogP contribution is 2.24. The third kappa shape index (κ3) is 3.33. The Bertz CT molecular complexity index is 977. The molecule has 4 aromatic rings. The second-order valence-corrected chi connectivity index (χ2v) is 6.32. The van der Waals surface area contributed by atoms with E-state index in [4.69, 9.17) is 11.6 Å². The summed E-state index contributed by atoms with van der Waals surface area (Å²) in [7, 11) is 0. The van der Waals surface area contributed by atoms with Gasteiger partial charge in [0.1, 0.15) is 0 Å². The summed E-state index contributed by atoms with van der Waals surface area (Å²) >= 11 is 6.05. The summed E-state index contributed by atoms with van der Waals surface area (Å²) < 4.78 is 2.19. The second-order valence-electron chi connectivity index (χ2n) is 5.88. The number of nitrogens with zero attached hydrogens (tertiary/aromatic N) is 1. The van der Waals surface area contributed by atoms with Crippen molar-refractivity contribution in [3.05, 3.63) is 108 Å². The minimum atomic E-state index is 0.742. The molecular weight excluding hydrogens is 326 g/mol. The van der Waals surface area contributed by atoms with Crippen molar-refractivity contribution in [1.82, 2.24) is 0 Å². The monoisotopic (exact) mass is 342 g/mol. The number of hydrogen-bond acceptors (Lipinski definition) is 0. The van der Waals surface area contributed by atoms with E-state index < -0.39 is 0 Å². The largest absolute Gasteiger partial charge is 0.219 e. The Balaban J connectivity index is 1.91. The summed E-state index contributed by atoms with van der Waals surface area (Å²) in [5.74, 6) is 0. The summed E-state index contributed by atoms with van der Waals surface area (Å²) in [6, 6.07) is 33.2. The molecule has 4 rings (SSSR count). The molecule has 0 atom stereocenters. The zero-order chi connectivity index (χ0) is 17.1. The maximum absolute atomic E-state index is 6.05. The molecule has 0 N–H and O–H groups in total. The van der Waals surface area contributed by atoms with E-state index in [1.165, 1.54) is 16.7 Å². The van der Waals surface area contributed by atoms with E-state index in [1.54, 1.807) is 0 Å². The molecule has 3 aromatic carbocycles. The second kappa shape index (κ2) is 6.92. The van der Waals surface area contributed by atoms with Gasteiger partial charge in [0.05, 0.1) is 0 Å². The van der Waals surface area contributed by atoms with Crippen LogP contribution in [0.4, 0.5) is 0 Å². The molecule has 0 aliphatic heterocycles. The Kier molecular flexibility index (Phi) is 4.32. The van der Waals surface area contributed by atoms with E-state index in [9.17, 15) is 0 Å². The van der Waals surface area contributed by atoms with Crippen LogP contribution in [-0.2, 0) is 0 Å². The number of aromatic nitrogens is 1. The van der Waals surface area contributed by atoms with Gasteiger partial charge in [-0.15, -0.1) is 0 Å². The van der Waals surface area contributed by atoms with Gasteiger partial charge in [0.25, 0.3) is 0 Å². The molecule has 0 aliphatic rings. The number of benzene rings is 3. The van der Waals surface area contributed by atoms with Crippen LogP contribution in [0.25, 0.3) is 28.1 Å². The lowest BCUT2D eigenvalue weighted by Crippen LogP contribution is -2.32. The molecule has 0 saturated carbocycles. The van der Waals surface area contributed by atoms with Gasteiger partial charge >= 0.3 is 0 Å². The molecule has 0 bridgehead atoms. The lowest BCUT2D eigenvalue weighted by molar-refractivity contribution is -0.583. The van der Waals surface area contributed by atoms with Crippen LogP contribution in [-0.4, -0.2) is 0 Å². The molecule has 0 saturated heterocycles. The van der Waals surface area contributed by atoms with Crippen LogP contribution in [0.15, 0.2) is 103 Å². The Morgan fingerprint density at radius 2 is 1.16 bits per heavy atom. The molecule has 25 heavy (non-hydrogen) atoms. The molecule has 0 amide bonds. The van der Waals surface area contributed by atoms with E-state index in [2.05, 4.69) is 71.4 Å². The van der Waals surface area contributed by atoms with E-state index in [0.29, 0.717) is 0 Å². The number of hydrogen-bond donors (Lipinski definition) is 0. The lowest BCUT2D eigenvalue weighted by Gasteiger charge is -2.07. The van der Waals surface area contributed by atoms with E-state index in [0.717, 1.165) is 16.4 Å². The van der Waals surface area contributed by atoms with Crippen molar-refractivity contribution in [2.45, 2.75) is 0 Å². The summed E-state index contributed by atoms with van der Waals surface area (Å²) in [4.78, 5) is 0. The SMILES string of the molecule is Clc1ccc(-[n+]2ccc(-c3ccccc3)cc2-c2ccccc2)cc1. The van der Waals surface area contributed by atoms with Crippen LogP contribution in [0.2, 0.25) is 5.02 Å². The van der Waals surface area contributed by atoms with Crippen LogP contribution >= 0.6 is 11.6 Å². The average molecular weight is 343 g/mol. The Morgan fingerprint density at radius 3 is 1.80 bits per heavy atom. The van der Waals surface area contributed by atoms with Gasteiger partial charge in [0, 0.05) is 34.9 Å². The van der Waals surface area contributed by atoms with Crippen molar-refractivity contribution in [1.29, 1.82) is 0 Å². The van der Waals surface area contributed by atoms with Gasteiger partial charge in [-0.05, 0) is 35.4 Å². The van der Waals surface area contributed by atoms with Gasteiger partial charge in [-0.3, -0.25) is 0 Å². The molecular formula is C23H17ClN+. The quantitative estimate of drug-likeness (QED) is 0.405. The smallest absolute Gasteiger partial charge is 0.160 e. The van der Waals surface area contributed by atoms with Crippen molar-refractivity contribution >= 4 is 11.6 Å². The number of rotatable bonds is 3. The van der Waals surface area contributed by atoms with Crippen molar-refractivity contribution in [2.75, 3.05) is 0 Å². The van der Waals surface area contributed by atoms with Crippen molar-refractivity contribution in [2.24, 2.45) is 0 Å². The molecule has 0 unspecified atom stereocenters. The summed E-state index contributed by atoms with van der Waals surface area (Å²) in [5, 5.41) is 0.742. The van der Waals surface area contributed by atoms with Crippen LogP contribution in [0.1, 0.15) is 0 Å². The Hall–Kier alpha value is -2.90. The van der Waals surface area contributed by atoms with Gasteiger partial charge in [0.15, 0.2) is 6.20 Å². The molecule has 2 heteroatoms. The summed E-state index contributed by atoms with van der Waals surface area (Å²) in [5.41, 5.74) is 5.81. The van der Waals surface area contributed by atoms with Crippen molar-refractivity contribution in [3.63, 3.8) is 0 Å². The molecule has 1 nitrogen and oxygen atoms in total. The first-order chi connectivity index (χ1) is 12.3. The minimum Gasteiger partial charge on any atom is -0.160 e. The normalized spacial score (nSPS) is 10.6. The topological polar surface area (TPSA) is 3.88 Å². The van der Waals surface area contributed by atoms with Crippen LogP contribution in [0.3, 0.4) is 0 Å². The first-order valence-corrected chi connectivity index (χ1v) is 8.61. The standard InChI is InChI=1S/C23H17ClN/c24-21-11-13-22(14-12-21)25-16-15-20(18-7-3-1-4-8-18)17-23(25)19-9-5-2-6-10-19/h1-17H/q+1. The number of halogens is 1. The molecule has 120 valence electrons. The first kappa shape index (κ1) is 15.6. The van der Waals surface area contributed by atoms with Gasteiger partial charge < -0.3 is 0 Å². The van der Waals surface area contributed by atoms with Crippen LogP contribution < -0.4 is 4.57 Å². The first-order valence-electron chi connectivity index (χ1n) is 8.24. The third-order valence-electron chi connectivity index (χ3n) is 4.24. The molecule has 0 fully saturated rings.